The Kier molecular flexibility index (Phi) is 5.20. The first-order valence-corrected chi connectivity index (χ1v) is 6.89. The highest BCUT2D eigenvalue weighted by Gasteiger charge is 2.27. The molecule has 2 rings (SSSR count). The van der Waals surface area contributed by atoms with E-state index in [-0.39, 0.29) is 12.2 Å². The summed E-state index contributed by atoms with van der Waals surface area (Å²) in [6.45, 7) is 0. The maximum Gasteiger partial charge on any atom is 0.374 e. The number of carbonyl (C=O) groups is 3. The molecule has 0 heterocycles. The van der Waals surface area contributed by atoms with Gasteiger partial charge < -0.3 is 4.74 Å². The second kappa shape index (κ2) is 7.31. The lowest BCUT2D eigenvalue weighted by Crippen LogP contribution is -2.23. The van der Waals surface area contributed by atoms with Crippen molar-refractivity contribution in [2.45, 2.75) is 12.3 Å². The monoisotopic (exact) mass is 296 g/mol. The highest BCUT2D eigenvalue weighted by Crippen LogP contribution is 2.25. The summed E-state index contributed by atoms with van der Waals surface area (Å²) in [6.07, 6.45) is -0.204. The predicted octanol–water partition coefficient (Wildman–Crippen LogP) is 2.79. The zero-order valence-corrected chi connectivity index (χ0v) is 12.2. The fourth-order valence-corrected chi connectivity index (χ4v) is 2.23. The van der Waals surface area contributed by atoms with Crippen LogP contribution >= 0.6 is 0 Å². The molecule has 1 atom stereocenters. The van der Waals surface area contributed by atoms with Gasteiger partial charge in [0.2, 0.25) is 5.78 Å². The molecule has 4 nitrogen and oxygen atoms in total. The van der Waals surface area contributed by atoms with Crippen LogP contribution in [0.15, 0.2) is 60.7 Å². The summed E-state index contributed by atoms with van der Waals surface area (Å²) in [5.74, 6) is -2.53. The van der Waals surface area contributed by atoms with Crippen LogP contribution in [0.5, 0.6) is 0 Å². The van der Waals surface area contributed by atoms with E-state index in [1.807, 2.05) is 12.1 Å². The van der Waals surface area contributed by atoms with E-state index in [9.17, 15) is 14.4 Å². The minimum Gasteiger partial charge on any atom is -0.463 e. The number of benzene rings is 2. The fourth-order valence-electron chi connectivity index (χ4n) is 2.23. The standard InChI is InChI=1S/C18H16O4/c1-22-18(21)16(19)12-15(13-8-4-2-5-9-13)17(20)14-10-6-3-7-11-14/h2-11,15H,12H2,1H3. The summed E-state index contributed by atoms with van der Waals surface area (Å²) < 4.78 is 4.43. The van der Waals surface area contributed by atoms with Crippen LogP contribution in [-0.2, 0) is 14.3 Å². The number of rotatable bonds is 6. The molecule has 0 aromatic heterocycles. The average Bonchev–Trinajstić information content (AvgIpc) is 2.59. The van der Waals surface area contributed by atoms with Crippen LogP contribution in [0.2, 0.25) is 0 Å². The van der Waals surface area contributed by atoms with E-state index in [0.717, 1.165) is 7.11 Å². The summed E-state index contributed by atoms with van der Waals surface area (Å²) in [7, 11) is 1.15. The molecule has 0 radical (unpaired) electrons. The number of hydrogen-bond donors (Lipinski definition) is 0. The number of carbonyl (C=O) groups excluding carboxylic acids is 3. The molecule has 0 N–H and O–H groups in total. The van der Waals surface area contributed by atoms with E-state index in [4.69, 9.17) is 0 Å². The number of hydrogen-bond acceptors (Lipinski definition) is 4. The molecule has 0 spiro atoms. The summed E-state index contributed by atoms with van der Waals surface area (Å²) in [5.41, 5.74) is 1.21. The fraction of sp³-hybridized carbons (Fsp3) is 0.167. The highest BCUT2D eigenvalue weighted by molar-refractivity contribution is 6.34. The SMILES string of the molecule is COC(=O)C(=O)CC(C(=O)c1ccccc1)c1ccccc1. The van der Waals surface area contributed by atoms with Crippen LogP contribution in [0, 0.1) is 0 Å². The Labute approximate surface area is 128 Å². The second-order valence-corrected chi connectivity index (χ2v) is 4.81. The lowest BCUT2D eigenvalue weighted by molar-refractivity contribution is -0.151. The molecule has 112 valence electrons. The van der Waals surface area contributed by atoms with Crippen LogP contribution in [0.25, 0.3) is 0 Å². The maximum atomic E-state index is 12.7. The summed E-state index contributed by atoms with van der Waals surface area (Å²) in [6, 6.07) is 17.7. The first-order valence-electron chi connectivity index (χ1n) is 6.89. The number of methoxy groups -OCH3 is 1. The predicted molar refractivity (Wildman–Crippen MR) is 81.6 cm³/mol. The zero-order valence-electron chi connectivity index (χ0n) is 12.2. The molecule has 2 aromatic carbocycles. The van der Waals surface area contributed by atoms with Crippen LogP contribution in [0.3, 0.4) is 0 Å². The summed E-state index contributed by atoms with van der Waals surface area (Å²) in [4.78, 5) is 35.9. The zero-order chi connectivity index (χ0) is 15.9. The summed E-state index contributed by atoms with van der Waals surface area (Å²) >= 11 is 0. The van der Waals surface area contributed by atoms with Gasteiger partial charge in [-0.15, -0.1) is 0 Å². The minimum absolute atomic E-state index is 0.191. The van der Waals surface area contributed by atoms with E-state index < -0.39 is 17.7 Å². The lowest BCUT2D eigenvalue weighted by atomic mass is 9.86. The van der Waals surface area contributed by atoms with Crippen LogP contribution in [0.4, 0.5) is 0 Å². The van der Waals surface area contributed by atoms with Gasteiger partial charge in [0.25, 0.3) is 0 Å². The van der Waals surface area contributed by atoms with Crippen LogP contribution in [0.1, 0.15) is 28.3 Å². The van der Waals surface area contributed by atoms with E-state index in [0.29, 0.717) is 11.1 Å². The maximum absolute atomic E-state index is 12.7. The number of ether oxygens (including phenoxy) is 1. The van der Waals surface area contributed by atoms with Gasteiger partial charge in [0.15, 0.2) is 5.78 Å². The van der Waals surface area contributed by atoms with Gasteiger partial charge in [-0.25, -0.2) is 4.79 Å². The molecule has 0 amide bonds. The molecular formula is C18H16O4. The Morgan fingerprint density at radius 3 is 2.00 bits per heavy atom. The molecule has 0 aliphatic carbocycles. The van der Waals surface area contributed by atoms with Gasteiger partial charge >= 0.3 is 5.97 Å². The van der Waals surface area contributed by atoms with Crippen molar-refractivity contribution in [1.82, 2.24) is 0 Å². The van der Waals surface area contributed by atoms with Crippen LogP contribution < -0.4 is 0 Å². The van der Waals surface area contributed by atoms with E-state index in [1.54, 1.807) is 48.5 Å². The highest BCUT2D eigenvalue weighted by atomic mass is 16.5. The van der Waals surface area contributed by atoms with Crippen molar-refractivity contribution in [3.05, 3.63) is 71.8 Å². The number of ketones is 2. The number of esters is 1. The third-order valence-corrected chi connectivity index (χ3v) is 3.38. The van der Waals surface area contributed by atoms with Gasteiger partial charge in [-0.05, 0) is 5.56 Å². The third kappa shape index (κ3) is 3.67. The Bertz CT molecular complexity index is 662. The third-order valence-electron chi connectivity index (χ3n) is 3.38. The molecule has 0 aliphatic rings. The Morgan fingerprint density at radius 1 is 0.909 bits per heavy atom. The molecule has 22 heavy (non-hydrogen) atoms. The smallest absolute Gasteiger partial charge is 0.374 e. The Balaban J connectivity index is 2.32. The summed E-state index contributed by atoms with van der Waals surface area (Å²) in [5, 5.41) is 0. The van der Waals surface area contributed by atoms with E-state index in [1.165, 1.54) is 0 Å². The van der Waals surface area contributed by atoms with Crippen molar-refractivity contribution in [2.24, 2.45) is 0 Å². The molecule has 0 saturated heterocycles. The molecule has 0 aliphatic heterocycles. The van der Waals surface area contributed by atoms with Crippen molar-refractivity contribution in [1.29, 1.82) is 0 Å². The Hall–Kier alpha value is -2.75. The van der Waals surface area contributed by atoms with E-state index >= 15 is 0 Å². The van der Waals surface area contributed by atoms with Crippen molar-refractivity contribution in [2.75, 3.05) is 7.11 Å². The minimum atomic E-state index is -0.929. The molecule has 0 saturated carbocycles. The van der Waals surface area contributed by atoms with Crippen LogP contribution in [-0.4, -0.2) is 24.6 Å². The lowest BCUT2D eigenvalue weighted by Gasteiger charge is -2.15. The molecule has 4 heteroatoms. The second-order valence-electron chi connectivity index (χ2n) is 4.81. The van der Waals surface area contributed by atoms with E-state index in [2.05, 4.69) is 4.74 Å². The van der Waals surface area contributed by atoms with Crippen molar-refractivity contribution >= 4 is 17.5 Å². The normalized spacial score (nSPS) is 11.5. The van der Waals surface area contributed by atoms with Crippen molar-refractivity contribution in [3.8, 4) is 0 Å². The largest absolute Gasteiger partial charge is 0.463 e. The molecule has 1 unspecified atom stereocenters. The van der Waals surface area contributed by atoms with Gasteiger partial charge in [-0.2, -0.15) is 0 Å². The quantitative estimate of drug-likeness (QED) is 0.467. The first-order chi connectivity index (χ1) is 10.6. The Morgan fingerprint density at radius 2 is 1.45 bits per heavy atom. The number of Topliss-reactive ketones (excluding diaryl/α,β-unsaturated/α-hetero) is 2. The van der Waals surface area contributed by atoms with Crippen molar-refractivity contribution in [3.63, 3.8) is 0 Å². The topological polar surface area (TPSA) is 60.4 Å². The van der Waals surface area contributed by atoms with Gasteiger partial charge in [0, 0.05) is 12.0 Å². The average molecular weight is 296 g/mol. The molecular weight excluding hydrogens is 280 g/mol. The molecule has 2 aromatic rings. The molecule has 0 bridgehead atoms. The van der Waals surface area contributed by atoms with Gasteiger partial charge in [-0.1, -0.05) is 60.7 Å². The van der Waals surface area contributed by atoms with Gasteiger partial charge in [0.05, 0.1) is 13.0 Å². The first kappa shape index (κ1) is 15.6. The molecule has 0 fully saturated rings. The van der Waals surface area contributed by atoms with Gasteiger partial charge in [0.1, 0.15) is 0 Å². The van der Waals surface area contributed by atoms with Crippen molar-refractivity contribution < 1.29 is 19.1 Å². The van der Waals surface area contributed by atoms with Gasteiger partial charge in [-0.3, -0.25) is 9.59 Å².